The first kappa shape index (κ1) is 24.2. The summed E-state index contributed by atoms with van der Waals surface area (Å²) in [6.45, 7) is 1.29. The normalized spacial score (nSPS) is 12.9. The van der Waals surface area contributed by atoms with Crippen molar-refractivity contribution in [1.29, 1.82) is 0 Å². The lowest BCUT2D eigenvalue weighted by Gasteiger charge is -2.15. The van der Waals surface area contributed by atoms with E-state index in [-0.39, 0.29) is 16.1 Å². The largest absolute Gasteiger partial charge is 0.573 e. The van der Waals surface area contributed by atoms with Gasteiger partial charge in [0.1, 0.15) is 5.75 Å². The zero-order valence-corrected chi connectivity index (χ0v) is 17.5. The summed E-state index contributed by atoms with van der Waals surface area (Å²) in [6, 6.07) is 9.53. The number of nitrogens with zero attached hydrogens (tertiary/aromatic N) is 1. The minimum Gasteiger partial charge on any atom is -0.449 e. The second-order valence-electron chi connectivity index (χ2n) is 6.42. The van der Waals surface area contributed by atoms with Gasteiger partial charge < -0.3 is 14.8 Å². The molecule has 0 aliphatic rings. The van der Waals surface area contributed by atoms with Gasteiger partial charge in [0.2, 0.25) is 10.0 Å². The number of nitrogens with one attached hydrogen (secondary N) is 1. The number of halogens is 3. The SMILES string of the molecule is CC(OC(=O)c1cccc(S(=O)(=O)N(C)C)c1)C(=O)Nc1ccc(OC(F)(F)F)cc1. The fourth-order valence-corrected chi connectivity index (χ4v) is 3.21. The quantitative estimate of drug-likeness (QED) is 0.638. The fourth-order valence-electron chi connectivity index (χ4n) is 2.26. The summed E-state index contributed by atoms with van der Waals surface area (Å²) in [6.07, 6.45) is -6.11. The van der Waals surface area contributed by atoms with Gasteiger partial charge in [0.05, 0.1) is 10.5 Å². The van der Waals surface area contributed by atoms with Crippen LogP contribution in [0.3, 0.4) is 0 Å². The topological polar surface area (TPSA) is 102 Å². The predicted octanol–water partition coefficient (Wildman–Crippen LogP) is 3.02. The number of sulfonamides is 1. The molecule has 31 heavy (non-hydrogen) atoms. The summed E-state index contributed by atoms with van der Waals surface area (Å²) in [5, 5.41) is 2.38. The number of hydrogen-bond acceptors (Lipinski definition) is 6. The Hall–Kier alpha value is -3.12. The molecule has 1 unspecified atom stereocenters. The molecule has 0 aliphatic heterocycles. The molecule has 0 saturated heterocycles. The highest BCUT2D eigenvalue weighted by Crippen LogP contribution is 2.24. The van der Waals surface area contributed by atoms with Crippen molar-refractivity contribution in [3.63, 3.8) is 0 Å². The van der Waals surface area contributed by atoms with Crippen LogP contribution in [-0.4, -0.2) is 51.2 Å². The minimum absolute atomic E-state index is 0.0729. The molecule has 0 bridgehead atoms. The highest BCUT2D eigenvalue weighted by molar-refractivity contribution is 7.89. The summed E-state index contributed by atoms with van der Waals surface area (Å²) >= 11 is 0. The molecule has 0 radical (unpaired) electrons. The first-order valence-electron chi connectivity index (χ1n) is 8.70. The third kappa shape index (κ3) is 6.69. The molecule has 0 aliphatic carbocycles. The average molecular weight is 460 g/mol. The lowest BCUT2D eigenvalue weighted by Crippen LogP contribution is -2.30. The van der Waals surface area contributed by atoms with Crippen LogP contribution < -0.4 is 10.1 Å². The van der Waals surface area contributed by atoms with E-state index in [4.69, 9.17) is 4.74 Å². The molecule has 168 valence electrons. The molecule has 8 nitrogen and oxygen atoms in total. The Labute approximate surface area is 176 Å². The number of anilines is 1. The number of carbonyl (C=O) groups is 2. The Bertz CT molecular complexity index is 1050. The molecule has 0 heterocycles. The Morgan fingerprint density at radius 2 is 1.68 bits per heavy atom. The van der Waals surface area contributed by atoms with Crippen LogP contribution in [0.5, 0.6) is 5.75 Å². The van der Waals surface area contributed by atoms with Crippen LogP contribution in [0.15, 0.2) is 53.4 Å². The number of rotatable bonds is 7. The van der Waals surface area contributed by atoms with Crippen LogP contribution in [0, 0.1) is 0 Å². The van der Waals surface area contributed by atoms with E-state index in [9.17, 15) is 31.2 Å². The van der Waals surface area contributed by atoms with E-state index >= 15 is 0 Å². The summed E-state index contributed by atoms with van der Waals surface area (Å²) in [4.78, 5) is 24.4. The Kier molecular flexibility index (Phi) is 7.28. The highest BCUT2D eigenvalue weighted by atomic mass is 32.2. The number of esters is 1. The van der Waals surface area contributed by atoms with Crippen molar-refractivity contribution in [2.75, 3.05) is 19.4 Å². The minimum atomic E-state index is -4.84. The van der Waals surface area contributed by atoms with Crippen molar-refractivity contribution >= 4 is 27.6 Å². The van der Waals surface area contributed by atoms with E-state index in [0.717, 1.165) is 22.5 Å². The van der Waals surface area contributed by atoms with Gasteiger partial charge in [0, 0.05) is 19.8 Å². The molecule has 1 atom stereocenters. The van der Waals surface area contributed by atoms with Gasteiger partial charge in [-0.2, -0.15) is 0 Å². The zero-order valence-electron chi connectivity index (χ0n) is 16.6. The molecular formula is C19H19F3N2O6S. The van der Waals surface area contributed by atoms with E-state index in [0.29, 0.717) is 0 Å². The van der Waals surface area contributed by atoms with Crippen LogP contribution in [-0.2, 0) is 19.6 Å². The predicted molar refractivity (Wildman–Crippen MR) is 104 cm³/mol. The fraction of sp³-hybridized carbons (Fsp3) is 0.263. The van der Waals surface area contributed by atoms with E-state index in [1.807, 2.05) is 0 Å². The molecule has 12 heteroatoms. The number of hydrogen-bond donors (Lipinski definition) is 1. The summed E-state index contributed by atoms with van der Waals surface area (Å²) in [5.74, 6) is -2.13. The van der Waals surface area contributed by atoms with E-state index < -0.39 is 40.1 Å². The maximum Gasteiger partial charge on any atom is 0.573 e. The van der Waals surface area contributed by atoms with Crippen molar-refractivity contribution in [3.8, 4) is 5.75 Å². The third-order valence-corrected chi connectivity index (χ3v) is 5.67. The van der Waals surface area contributed by atoms with Gasteiger partial charge in [-0.25, -0.2) is 17.5 Å². The summed E-state index contributed by atoms with van der Waals surface area (Å²) < 4.78 is 70.6. The third-order valence-electron chi connectivity index (χ3n) is 3.86. The number of ether oxygens (including phenoxy) is 2. The second kappa shape index (κ2) is 9.35. The Morgan fingerprint density at radius 3 is 2.23 bits per heavy atom. The van der Waals surface area contributed by atoms with Gasteiger partial charge >= 0.3 is 12.3 Å². The number of carbonyl (C=O) groups excluding carboxylic acids is 2. The van der Waals surface area contributed by atoms with Crippen molar-refractivity contribution in [2.45, 2.75) is 24.3 Å². The maximum absolute atomic E-state index is 12.3. The first-order chi connectivity index (χ1) is 14.3. The van der Waals surface area contributed by atoms with Crippen LogP contribution in [0.2, 0.25) is 0 Å². The van der Waals surface area contributed by atoms with E-state index in [1.54, 1.807) is 0 Å². The number of alkyl halides is 3. The number of benzene rings is 2. The molecular weight excluding hydrogens is 441 g/mol. The van der Waals surface area contributed by atoms with Crippen molar-refractivity contribution in [2.24, 2.45) is 0 Å². The van der Waals surface area contributed by atoms with Gasteiger partial charge in [0.25, 0.3) is 5.91 Å². The van der Waals surface area contributed by atoms with Crippen LogP contribution in [0.4, 0.5) is 18.9 Å². The summed E-state index contributed by atoms with van der Waals surface area (Å²) in [7, 11) is -1.08. The smallest absolute Gasteiger partial charge is 0.449 e. The van der Waals surface area contributed by atoms with Crippen LogP contribution in [0.25, 0.3) is 0 Å². The molecule has 2 rings (SSSR count). The standard InChI is InChI=1S/C19H19F3N2O6S/c1-12(17(25)23-14-7-9-15(10-8-14)30-19(20,21)22)29-18(26)13-5-4-6-16(11-13)31(27,28)24(2)3/h4-12H,1-3H3,(H,23,25). The molecule has 0 saturated carbocycles. The second-order valence-corrected chi connectivity index (χ2v) is 8.58. The molecule has 2 aromatic carbocycles. The van der Waals surface area contributed by atoms with Gasteiger partial charge in [-0.05, 0) is 49.4 Å². The van der Waals surface area contributed by atoms with Gasteiger partial charge in [-0.3, -0.25) is 4.79 Å². The summed E-state index contributed by atoms with van der Waals surface area (Å²) in [5.41, 5.74) is 0.0812. The molecule has 1 amide bonds. The first-order valence-corrected chi connectivity index (χ1v) is 10.1. The lowest BCUT2D eigenvalue weighted by molar-refractivity contribution is -0.274. The van der Waals surface area contributed by atoms with Crippen LogP contribution in [0.1, 0.15) is 17.3 Å². The Morgan fingerprint density at radius 1 is 1.06 bits per heavy atom. The molecule has 0 spiro atoms. The van der Waals surface area contributed by atoms with Gasteiger partial charge in [-0.15, -0.1) is 13.2 Å². The van der Waals surface area contributed by atoms with Crippen LogP contribution >= 0.6 is 0 Å². The monoisotopic (exact) mass is 460 g/mol. The average Bonchev–Trinajstić information content (AvgIpc) is 2.68. The van der Waals surface area contributed by atoms with E-state index in [2.05, 4.69) is 10.1 Å². The molecule has 0 fully saturated rings. The zero-order chi connectivity index (χ0) is 23.4. The molecule has 1 N–H and O–H groups in total. The van der Waals surface area contributed by atoms with Crippen molar-refractivity contribution in [1.82, 2.24) is 4.31 Å². The number of amides is 1. The highest BCUT2D eigenvalue weighted by Gasteiger charge is 2.31. The maximum atomic E-state index is 12.3. The Balaban J connectivity index is 2.02. The lowest BCUT2D eigenvalue weighted by atomic mass is 10.2. The van der Waals surface area contributed by atoms with Gasteiger partial charge in [0.15, 0.2) is 6.10 Å². The van der Waals surface area contributed by atoms with Gasteiger partial charge in [-0.1, -0.05) is 6.07 Å². The van der Waals surface area contributed by atoms with Crippen molar-refractivity contribution < 1.29 is 40.7 Å². The molecule has 0 aromatic heterocycles. The van der Waals surface area contributed by atoms with Crippen molar-refractivity contribution in [3.05, 3.63) is 54.1 Å². The molecule has 2 aromatic rings. The van der Waals surface area contributed by atoms with E-state index in [1.165, 1.54) is 51.4 Å².